The Balaban J connectivity index is 2.12. The summed E-state index contributed by atoms with van der Waals surface area (Å²) < 4.78 is 0. The SMILES string of the molecule is O=C(O)c1ccccc1NC(=O)C1CCCN1. The van der Waals surface area contributed by atoms with Crippen molar-refractivity contribution >= 4 is 17.6 Å². The predicted octanol–water partition coefficient (Wildman–Crippen LogP) is 1.08. The van der Waals surface area contributed by atoms with Crippen molar-refractivity contribution in [3.63, 3.8) is 0 Å². The molecule has 1 aliphatic heterocycles. The van der Waals surface area contributed by atoms with Gasteiger partial charge in [0, 0.05) is 0 Å². The molecule has 1 amide bonds. The van der Waals surface area contributed by atoms with E-state index in [-0.39, 0.29) is 17.5 Å². The Hall–Kier alpha value is -1.88. The Bertz CT molecular complexity index is 439. The van der Waals surface area contributed by atoms with Crippen LogP contribution in [0.15, 0.2) is 24.3 Å². The molecule has 1 fully saturated rings. The monoisotopic (exact) mass is 234 g/mol. The second kappa shape index (κ2) is 4.97. The first kappa shape index (κ1) is 11.6. The standard InChI is InChI=1S/C12H14N2O3/c15-11(10-6-3-7-13-10)14-9-5-2-1-4-8(9)12(16)17/h1-2,4-5,10,13H,3,6-7H2,(H,14,15)(H,16,17). The number of para-hydroxylation sites is 1. The van der Waals surface area contributed by atoms with Crippen LogP contribution in [0, 0.1) is 0 Å². The van der Waals surface area contributed by atoms with Gasteiger partial charge in [-0.3, -0.25) is 4.79 Å². The van der Waals surface area contributed by atoms with Crippen molar-refractivity contribution < 1.29 is 14.7 Å². The van der Waals surface area contributed by atoms with E-state index in [0.717, 1.165) is 19.4 Å². The van der Waals surface area contributed by atoms with Crippen molar-refractivity contribution in [2.45, 2.75) is 18.9 Å². The fourth-order valence-corrected chi connectivity index (χ4v) is 1.91. The number of nitrogens with one attached hydrogen (secondary N) is 2. The highest BCUT2D eigenvalue weighted by molar-refractivity contribution is 6.02. The van der Waals surface area contributed by atoms with Gasteiger partial charge < -0.3 is 15.7 Å². The van der Waals surface area contributed by atoms with Gasteiger partial charge in [-0.05, 0) is 31.5 Å². The minimum absolute atomic E-state index is 0.110. The zero-order valence-electron chi connectivity index (χ0n) is 9.27. The van der Waals surface area contributed by atoms with E-state index in [0.29, 0.717) is 5.69 Å². The number of rotatable bonds is 3. The lowest BCUT2D eigenvalue weighted by molar-refractivity contribution is -0.117. The Labute approximate surface area is 98.8 Å². The van der Waals surface area contributed by atoms with E-state index < -0.39 is 5.97 Å². The summed E-state index contributed by atoms with van der Waals surface area (Å²) in [5.74, 6) is -1.21. The quantitative estimate of drug-likeness (QED) is 0.731. The maximum absolute atomic E-state index is 11.8. The van der Waals surface area contributed by atoms with Crippen molar-refractivity contribution in [2.75, 3.05) is 11.9 Å². The average Bonchev–Trinajstić information content (AvgIpc) is 2.83. The normalized spacial score (nSPS) is 18.9. The summed E-state index contributed by atoms with van der Waals surface area (Å²) in [7, 11) is 0. The Morgan fingerprint density at radius 1 is 1.35 bits per heavy atom. The number of hydrogen-bond acceptors (Lipinski definition) is 3. The lowest BCUT2D eigenvalue weighted by Crippen LogP contribution is -2.35. The summed E-state index contributed by atoms with van der Waals surface area (Å²) in [5.41, 5.74) is 0.456. The molecule has 17 heavy (non-hydrogen) atoms. The van der Waals surface area contributed by atoms with Gasteiger partial charge in [0.2, 0.25) is 5.91 Å². The fraction of sp³-hybridized carbons (Fsp3) is 0.333. The fourth-order valence-electron chi connectivity index (χ4n) is 1.91. The molecule has 1 saturated heterocycles. The van der Waals surface area contributed by atoms with Crippen LogP contribution < -0.4 is 10.6 Å². The highest BCUT2D eigenvalue weighted by Gasteiger charge is 2.23. The Morgan fingerprint density at radius 2 is 2.12 bits per heavy atom. The second-order valence-electron chi connectivity index (χ2n) is 3.99. The number of carboxylic acids is 1. The summed E-state index contributed by atoms with van der Waals surface area (Å²) in [6.45, 7) is 0.832. The van der Waals surface area contributed by atoms with Crippen LogP contribution in [0.5, 0.6) is 0 Å². The van der Waals surface area contributed by atoms with Crippen molar-refractivity contribution in [3.8, 4) is 0 Å². The maximum atomic E-state index is 11.8. The molecule has 0 aromatic heterocycles. The number of aromatic carboxylic acids is 1. The van der Waals surface area contributed by atoms with Crippen LogP contribution in [-0.4, -0.2) is 29.6 Å². The third kappa shape index (κ3) is 2.62. The van der Waals surface area contributed by atoms with Gasteiger partial charge in [0.1, 0.15) is 0 Å². The molecule has 1 atom stereocenters. The zero-order chi connectivity index (χ0) is 12.3. The maximum Gasteiger partial charge on any atom is 0.337 e. The summed E-state index contributed by atoms with van der Waals surface area (Å²) in [5, 5.41) is 14.7. The molecule has 0 radical (unpaired) electrons. The average molecular weight is 234 g/mol. The second-order valence-corrected chi connectivity index (χ2v) is 3.99. The van der Waals surface area contributed by atoms with Gasteiger partial charge in [0.25, 0.3) is 0 Å². The molecule has 1 unspecified atom stereocenters. The number of hydrogen-bond donors (Lipinski definition) is 3. The molecule has 0 saturated carbocycles. The minimum Gasteiger partial charge on any atom is -0.478 e. The first-order chi connectivity index (χ1) is 8.18. The summed E-state index contributed by atoms with van der Waals surface area (Å²) in [4.78, 5) is 22.8. The van der Waals surface area contributed by atoms with Crippen LogP contribution in [0.4, 0.5) is 5.69 Å². The van der Waals surface area contributed by atoms with Gasteiger partial charge in [-0.15, -0.1) is 0 Å². The van der Waals surface area contributed by atoms with E-state index in [1.54, 1.807) is 18.2 Å². The number of benzene rings is 1. The molecule has 1 aromatic rings. The molecular weight excluding hydrogens is 220 g/mol. The molecule has 3 N–H and O–H groups in total. The molecular formula is C12H14N2O3. The third-order valence-electron chi connectivity index (χ3n) is 2.79. The van der Waals surface area contributed by atoms with Crippen molar-refractivity contribution in [3.05, 3.63) is 29.8 Å². The topological polar surface area (TPSA) is 78.4 Å². The van der Waals surface area contributed by atoms with Gasteiger partial charge in [0.05, 0.1) is 17.3 Å². The van der Waals surface area contributed by atoms with Crippen molar-refractivity contribution in [1.82, 2.24) is 5.32 Å². The molecule has 1 heterocycles. The molecule has 1 aromatic carbocycles. The lowest BCUT2D eigenvalue weighted by atomic mass is 10.1. The van der Waals surface area contributed by atoms with Gasteiger partial charge in [-0.2, -0.15) is 0 Å². The van der Waals surface area contributed by atoms with Crippen molar-refractivity contribution in [2.24, 2.45) is 0 Å². The number of carbonyl (C=O) groups excluding carboxylic acids is 1. The smallest absolute Gasteiger partial charge is 0.337 e. The van der Waals surface area contributed by atoms with Crippen LogP contribution in [0.2, 0.25) is 0 Å². The summed E-state index contributed by atoms with van der Waals surface area (Å²) >= 11 is 0. The molecule has 0 spiro atoms. The molecule has 5 nitrogen and oxygen atoms in total. The molecule has 2 rings (SSSR count). The van der Waals surface area contributed by atoms with Crippen LogP contribution in [-0.2, 0) is 4.79 Å². The highest BCUT2D eigenvalue weighted by Crippen LogP contribution is 2.16. The number of carbonyl (C=O) groups is 2. The number of amides is 1. The van der Waals surface area contributed by atoms with Crippen LogP contribution in [0.25, 0.3) is 0 Å². The Kier molecular flexibility index (Phi) is 3.39. The minimum atomic E-state index is -1.04. The van der Waals surface area contributed by atoms with E-state index >= 15 is 0 Å². The van der Waals surface area contributed by atoms with Crippen molar-refractivity contribution in [1.29, 1.82) is 0 Å². The number of carboxylic acid groups (broad SMARTS) is 1. The van der Waals surface area contributed by atoms with E-state index in [1.807, 2.05) is 0 Å². The molecule has 0 bridgehead atoms. The molecule has 1 aliphatic rings. The predicted molar refractivity (Wildman–Crippen MR) is 63.1 cm³/mol. The van der Waals surface area contributed by atoms with E-state index in [1.165, 1.54) is 6.07 Å². The van der Waals surface area contributed by atoms with Gasteiger partial charge in [-0.1, -0.05) is 12.1 Å². The summed E-state index contributed by atoms with van der Waals surface area (Å²) in [6.07, 6.45) is 1.76. The molecule has 5 heteroatoms. The number of anilines is 1. The van der Waals surface area contributed by atoms with Crippen LogP contribution in [0.3, 0.4) is 0 Å². The van der Waals surface area contributed by atoms with Gasteiger partial charge in [0.15, 0.2) is 0 Å². The molecule has 0 aliphatic carbocycles. The van der Waals surface area contributed by atoms with Crippen LogP contribution >= 0.6 is 0 Å². The molecule has 90 valence electrons. The largest absolute Gasteiger partial charge is 0.478 e. The zero-order valence-corrected chi connectivity index (χ0v) is 9.27. The van der Waals surface area contributed by atoms with E-state index in [2.05, 4.69) is 10.6 Å². The lowest BCUT2D eigenvalue weighted by Gasteiger charge is -2.12. The Morgan fingerprint density at radius 3 is 2.76 bits per heavy atom. The highest BCUT2D eigenvalue weighted by atomic mass is 16.4. The van der Waals surface area contributed by atoms with Gasteiger partial charge >= 0.3 is 5.97 Å². The third-order valence-corrected chi connectivity index (χ3v) is 2.79. The first-order valence-electron chi connectivity index (χ1n) is 5.55. The van der Waals surface area contributed by atoms with Gasteiger partial charge in [-0.25, -0.2) is 4.79 Å². The first-order valence-corrected chi connectivity index (χ1v) is 5.55. The van der Waals surface area contributed by atoms with E-state index in [9.17, 15) is 9.59 Å². The summed E-state index contributed by atoms with van der Waals surface area (Å²) in [6, 6.07) is 6.18. The van der Waals surface area contributed by atoms with Crippen LogP contribution in [0.1, 0.15) is 23.2 Å². The van der Waals surface area contributed by atoms with E-state index in [4.69, 9.17) is 5.11 Å².